The quantitative estimate of drug-likeness (QED) is 0.676. The number of rotatable bonds is 5. The monoisotopic (exact) mass is 428 g/mol. The van der Waals surface area contributed by atoms with Crippen molar-refractivity contribution in [2.24, 2.45) is 34.7 Å². The number of hydrogen-bond donors (Lipinski definition) is 0. The van der Waals surface area contributed by atoms with Gasteiger partial charge in [-0.25, -0.2) is 0 Å². The zero-order valence-electron chi connectivity index (χ0n) is 17.1. The van der Waals surface area contributed by atoms with Crippen LogP contribution in [0.2, 0.25) is 0 Å². The van der Waals surface area contributed by atoms with Gasteiger partial charge in [-0.2, -0.15) is 5.26 Å². The number of fused-ring (bicyclic) bond motifs is 8. The van der Waals surface area contributed by atoms with Crippen LogP contribution in [0.4, 0.5) is 0 Å². The van der Waals surface area contributed by atoms with Crippen LogP contribution in [-0.2, 0) is 21.0 Å². The molecule has 32 heavy (non-hydrogen) atoms. The summed E-state index contributed by atoms with van der Waals surface area (Å²) in [7, 11) is 0. The van der Waals surface area contributed by atoms with Gasteiger partial charge in [0.15, 0.2) is 6.61 Å². The maximum Gasteiger partial charge on any atom is 0.233 e. The highest BCUT2D eigenvalue weighted by Gasteiger charge is 2.70. The van der Waals surface area contributed by atoms with Gasteiger partial charge in [0.05, 0.1) is 24.1 Å². The summed E-state index contributed by atoms with van der Waals surface area (Å²) in [6.07, 6.45) is 4.01. The Hall–Kier alpha value is -3.73. The lowest BCUT2D eigenvalue weighted by Crippen LogP contribution is -2.41. The first-order chi connectivity index (χ1) is 15.7. The third kappa shape index (κ3) is 2.67. The Labute approximate surface area is 184 Å². The standard InChI is InChI=1S/C24H20N4O4/c25-7-9-31-15-5-3-14(4-6-15)21-20-16-10-17(22(20)32-27-21)19-18(16)23(29)28(24(19)30)12-13-2-1-8-26-11-13/h1-6,8,11,16-20,22H,9-10,12H2/t16-,17+,18-,19+,20-,22-/m1/s1. The molecule has 0 N–H and O–H groups in total. The molecule has 2 amide bonds. The highest BCUT2D eigenvalue weighted by Crippen LogP contribution is 2.61. The van der Waals surface area contributed by atoms with Crippen molar-refractivity contribution in [3.8, 4) is 11.8 Å². The van der Waals surface area contributed by atoms with Crippen LogP contribution in [-0.4, -0.2) is 40.1 Å². The normalized spacial score (nSPS) is 31.7. The fraction of sp³-hybridized carbons (Fsp3) is 0.375. The molecule has 4 aliphatic rings. The zero-order valence-corrected chi connectivity index (χ0v) is 17.1. The van der Waals surface area contributed by atoms with Gasteiger partial charge in [-0.3, -0.25) is 19.5 Å². The second-order valence-electron chi connectivity index (χ2n) is 8.78. The molecule has 160 valence electrons. The van der Waals surface area contributed by atoms with Crippen molar-refractivity contribution in [2.45, 2.75) is 19.1 Å². The molecule has 1 aromatic carbocycles. The summed E-state index contributed by atoms with van der Waals surface area (Å²) < 4.78 is 5.33. The van der Waals surface area contributed by atoms with Gasteiger partial charge >= 0.3 is 0 Å². The van der Waals surface area contributed by atoms with Crippen molar-refractivity contribution in [3.05, 3.63) is 59.9 Å². The lowest BCUT2D eigenvalue weighted by molar-refractivity contribution is -0.141. The van der Waals surface area contributed by atoms with Gasteiger partial charge in [-0.15, -0.1) is 0 Å². The zero-order chi connectivity index (χ0) is 21.8. The second kappa shape index (κ2) is 7.16. The van der Waals surface area contributed by atoms with Gasteiger partial charge in [-0.1, -0.05) is 11.2 Å². The SMILES string of the molecule is N#CCOc1ccc(C2=NO[C@@H]3[C@H]4C[C@H]([C@H]5C(=O)N(Cc6cccnc6)C(=O)[C@@H]45)[C@H]23)cc1. The minimum atomic E-state index is -0.318. The van der Waals surface area contributed by atoms with E-state index in [2.05, 4.69) is 10.1 Å². The number of aromatic nitrogens is 1. The van der Waals surface area contributed by atoms with E-state index in [4.69, 9.17) is 14.8 Å². The number of nitriles is 1. The Kier molecular flexibility index (Phi) is 4.25. The number of oxime groups is 1. The number of likely N-dealkylation sites (tertiary alicyclic amines) is 1. The summed E-state index contributed by atoms with van der Waals surface area (Å²) in [5, 5.41) is 13.0. The summed E-state index contributed by atoms with van der Waals surface area (Å²) in [6.45, 7) is 0.256. The third-order valence-corrected chi connectivity index (χ3v) is 7.30. The number of benzene rings is 1. The largest absolute Gasteiger partial charge is 0.479 e. The Bertz CT molecular complexity index is 1160. The minimum Gasteiger partial charge on any atom is -0.479 e. The van der Waals surface area contributed by atoms with Crippen LogP contribution in [0.1, 0.15) is 17.5 Å². The van der Waals surface area contributed by atoms with Crippen LogP contribution >= 0.6 is 0 Å². The lowest BCUT2D eigenvalue weighted by atomic mass is 9.71. The van der Waals surface area contributed by atoms with E-state index in [1.807, 2.05) is 30.3 Å². The van der Waals surface area contributed by atoms with E-state index in [0.29, 0.717) is 5.75 Å². The summed E-state index contributed by atoms with van der Waals surface area (Å²) in [5.41, 5.74) is 2.59. The number of pyridine rings is 1. The van der Waals surface area contributed by atoms with E-state index in [-0.39, 0.29) is 60.7 Å². The van der Waals surface area contributed by atoms with E-state index in [0.717, 1.165) is 23.3 Å². The Balaban J connectivity index is 1.24. The maximum absolute atomic E-state index is 13.3. The van der Waals surface area contributed by atoms with Crippen LogP contribution in [0.15, 0.2) is 53.9 Å². The first-order valence-corrected chi connectivity index (χ1v) is 10.8. The lowest BCUT2D eigenvalue weighted by Gasteiger charge is -2.29. The number of carbonyl (C=O) groups excluding carboxylic acids is 2. The average Bonchev–Trinajstić information content (AvgIpc) is 3.56. The molecular weight excluding hydrogens is 408 g/mol. The highest BCUT2D eigenvalue weighted by atomic mass is 16.6. The van der Waals surface area contributed by atoms with E-state index >= 15 is 0 Å². The summed E-state index contributed by atoms with van der Waals surface area (Å²) in [4.78, 5) is 37.9. The van der Waals surface area contributed by atoms with Crippen molar-refractivity contribution in [3.63, 3.8) is 0 Å². The molecule has 1 aromatic heterocycles. The van der Waals surface area contributed by atoms with Crippen molar-refractivity contribution in [2.75, 3.05) is 6.61 Å². The molecule has 2 bridgehead atoms. The van der Waals surface area contributed by atoms with Crippen LogP contribution in [0.3, 0.4) is 0 Å². The fourth-order valence-electron chi connectivity index (χ4n) is 6.09. The van der Waals surface area contributed by atoms with Crippen LogP contribution < -0.4 is 4.74 Å². The van der Waals surface area contributed by atoms with Gasteiger partial charge in [0.2, 0.25) is 11.8 Å². The maximum atomic E-state index is 13.3. The van der Waals surface area contributed by atoms with Crippen molar-refractivity contribution >= 4 is 17.5 Å². The molecular formula is C24H20N4O4. The molecule has 8 heteroatoms. The van der Waals surface area contributed by atoms with Gasteiger partial charge in [0.1, 0.15) is 17.9 Å². The fourth-order valence-corrected chi connectivity index (χ4v) is 6.09. The summed E-state index contributed by atoms with van der Waals surface area (Å²) in [6, 6.07) is 13.0. The van der Waals surface area contributed by atoms with Crippen LogP contribution in [0, 0.1) is 40.9 Å². The molecule has 2 saturated carbocycles. The molecule has 2 aliphatic heterocycles. The van der Waals surface area contributed by atoms with E-state index in [9.17, 15) is 9.59 Å². The van der Waals surface area contributed by atoms with Gasteiger partial charge < -0.3 is 9.57 Å². The number of ether oxygens (including phenoxy) is 1. The number of nitrogens with zero attached hydrogens (tertiary/aromatic N) is 4. The predicted octanol–water partition coefficient (Wildman–Crippen LogP) is 2.15. The van der Waals surface area contributed by atoms with Crippen molar-refractivity contribution < 1.29 is 19.2 Å². The second-order valence-corrected chi connectivity index (χ2v) is 8.78. The number of hydrogen-bond acceptors (Lipinski definition) is 7. The minimum absolute atomic E-state index is 0.00205. The topological polar surface area (TPSA) is 105 Å². The Morgan fingerprint density at radius 3 is 2.59 bits per heavy atom. The molecule has 8 nitrogen and oxygen atoms in total. The molecule has 0 radical (unpaired) electrons. The van der Waals surface area contributed by atoms with Gasteiger partial charge in [-0.05, 0) is 48.2 Å². The first-order valence-electron chi connectivity index (χ1n) is 10.8. The molecule has 6 atom stereocenters. The van der Waals surface area contributed by atoms with E-state index < -0.39 is 0 Å². The summed E-state index contributed by atoms with van der Waals surface area (Å²) in [5.74, 6) is -0.139. The third-order valence-electron chi connectivity index (χ3n) is 7.30. The molecule has 0 unspecified atom stereocenters. The number of carbonyl (C=O) groups is 2. The van der Waals surface area contributed by atoms with Crippen molar-refractivity contribution in [1.82, 2.24) is 9.88 Å². The Morgan fingerprint density at radius 1 is 1.09 bits per heavy atom. The molecule has 6 rings (SSSR count). The van der Waals surface area contributed by atoms with Crippen molar-refractivity contribution in [1.29, 1.82) is 5.26 Å². The molecule has 1 saturated heterocycles. The van der Waals surface area contributed by atoms with Gasteiger partial charge in [0, 0.05) is 29.8 Å². The number of imide groups is 1. The smallest absolute Gasteiger partial charge is 0.233 e. The van der Waals surface area contributed by atoms with Crippen LogP contribution in [0.5, 0.6) is 5.75 Å². The summed E-state index contributed by atoms with van der Waals surface area (Å²) >= 11 is 0. The molecule has 2 aliphatic carbocycles. The molecule has 3 heterocycles. The number of amides is 2. The molecule has 3 fully saturated rings. The Morgan fingerprint density at radius 2 is 1.88 bits per heavy atom. The van der Waals surface area contributed by atoms with E-state index in [1.165, 1.54) is 4.90 Å². The van der Waals surface area contributed by atoms with Crippen LogP contribution in [0.25, 0.3) is 0 Å². The predicted molar refractivity (Wildman–Crippen MR) is 111 cm³/mol. The van der Waals surface area contributed by atoms with E-state index in [1.54, 1.807) is 24.5 Å². The molecule has 0 spiro atoms. The first kappa shape index (κ1) is 19.0. The van der Waals surface area contributed by atoms with Gasteiger partial charge in [0.25, 0.3) is 0 Å². The molecule has 2 aromatic rings. The average molecular weight is 428 g/mol. The highest BCUT2D eigenvalue weighted by molar-refractivity contribution is 6.08.